The van der Waals surface area contributed by atoms with Crippen molar-refractivity contribution in [2.75, 3.05) is 0 Å². The smallest absolute Gasteiger partial charge is 0.272 e. The molecule has 0 radical (unpaired) electrons. The van der Waals surface area contributed by atoms with E-state index >= 15 is 0 Å². The minimum Gasteiger partial charge on any atom is -0.356 e. The highest BCUT2D eigenvalue weighted by atomic mass is 35.5. The lowest BCUT2D eigenvalue weighted by Crippen LogP contribution is -2.31. The molecule has 1 atom stereocenters. The molecule has 4 rings (SSSR count). The number of aromatic amines is 1. The van der Waals surface area contributed by atoms with E-state index in [0.29, 0.717) is 5.69 Å². The molecular weight excluding hydrogens is 312 g/mol. The Bertz CT molecular complexity index is 875. The van der Waals surface area contributed by atoms with Gasteiger partial charge in [0.05, 0.1) is 12.2 Å². The molecular formula is C17H15ClN4O. The van der Waals surface area contributed by atoms with E-state index in [1.165, 1.54) is 18.0 Å². The van der Waals surface area contributed by atoms with Gasteiger partial charge in [0.1, 0.15) is 5.69 Å². The number of aromatic nitrogens is 3. The number of aryl methyl sites for hydroxylation is 1. The van der Waals surface area contributed by atoms with Gasteiger partial charge in [-0.3, -0.25) is 9.78 Å². The van der Waals surface area contributed by atoms with Gasteiger partial charge in [-0.25, -0.2) is 4.98 Å². The maximum absolute atomic E-state index is 12.3. The van der Waals surface area contributed by atoms with Crippen molar-refractivity contribution in [3.8, 4) is 0 Å². The van der Waals surface area contributed by atoms with Crippen LogP contribution in [0.15, 0.2) is 36.8 Å². The van der Waals surface area contributed by atoms with Gasteiger partial charge in [-0.1, -0.05) is 11.6 Å². The Morgan fingerprint density at radius 3 is 3.09 bits per heavy atom. The fourth-order valence-electron chi connectivity index (χ4n) is 3.23. The predicted octanol–water partition coefficient (Wildman–Crippen LogP) is 3.42. The number of rotatable bonds is 2. The van der Waals surface area contributed by atoms with Crippen LogP contribution in [-0.4, -0.2) is 20.9 Å². The molecule has 3 aromatic rings. The van der Waals surface area contributed by atoms with Crippen molar-refractivity contribution < 1.29 is 4.79 Å². The van der Waals surface area contributed by atoms with Gasteiger partial charge in [0.25, 0.3) is 5.91 Å². The van der Waals surface area contributed by atoms with Crippen molar-refractivity contribution in [1.29, 1.82) is 0 Å². The summed E-state index contributed by atoms with van der Waals surface area (Å²) < 4.78 is 0. The third kappa shape index (κ3) is 2.57. The molecule has 6 heteroatoms. The van der Waals surface area contributed by atoms with E-state index in [0.717, 1.165) is 40.9 Å². The van der Waals surface area contributed by atoms with Crippen molar-refractivity contribution in [3.63, 3.8) is 0 Å². The molecule has 0 saturated carbocycles. The number of nitrogens with zero attached hydrogens (tertiary/aromatic N) is 2. The Balaban J connectivity index is 1.68. The fourth-order valence-corrected chi connectivity index (χ4v) is 3.40. The molecule has 116 valence electrons. The predicted molar refractivity (Wildman–Crippen MR) is 88.5 cm³/mol. The first kappa shape index (κ1) is 14.2. The van der Waals surface area contributed by atoms with E-state index in [1.807, 2.05) is 18.2 Å². The first-order chi connectivity index (χ1) is 11.2. The van der Waals surface area contributed by atoms with Crippen LogP contribution in [0, 0.1) is 0 Å². The van der Waals surface area contributed by atoms with Gasteiger partial charge in [-0.2, -0.15) is 0 Å². The quantitative estimate of drug-likeness (QED) is 0.758. The number of nitrogens with one attached hydrogen (secondary N) is 2. The first-order valence-electron chi connectivity index (χ1n) is 7.59. The highest BCUT2D eigenvalue weighted by Crippen LogP contribution is 2.35. The van der Waals surface area contributed by atoms with Crippen molar-refractivity contribution in [2.24, 2.45) is 0 Å². The molecule has 5 nitrogen and oxygen atoms in total. The van der Waals surface area contributed by atoms with E-state index in [4.69, 9.17) is 11.6 Å². The first-order valence-corrected chi connectivity index (χ1v) is 7.97. The summed E-state index contributed by atoms with van der Waals surface area (Å²) in [5.74, 6) is -0.201. The zero-order valence-electron chi connectivity index (χ0n) is 12.3. The summed E-state index contributed by atoms with van der Waals surface area (Å²) in [6.45, 7) is 0. The molecule has 0 aliphatic heterocycles. The molecule has 1 aliphatic rings. The standard InChI is InChI=1S/C17H15ClN4O/c18-10-4-5-13-12(8-10)11-2-1-3-14(16(11)21-13)22-17(23)15-9-19-6-7-20-15/h4-9,14,21H,1-3H2,(H,22,23)/t14-/m0/s1. The second kappa shape index (κ2) is 5.66. The number of H-pyrrole nitrogens is 1. The Morgan fingerprint density at radius 1 is 1.35 bits per heavy atom. The fraction of sp³-hybridized carbons (Fsp3) is 0.235. The number of carbonyl (C=O) groups excluding carboxylic acids is 1. The molecule has 2 aromatic heterocycles. The average molecular weight is 327 g/mol. The van der Waals surface area contributed by atoms with Crippen LogP contribution in [0.3, 0.4) is 0 Å². The van der Waals surface area contributed by atoms with Crippen molar-refractivity contribution in [3.05, 3.63) is 58.8 Å². The number of halogens is 1. The van der Waals surface area contributed by atoms with Crippen LogP contribution in [0.1, 0.15) is 40.6 Å². The van der Waals surface area contributed by atoms with Crippen LogP contribution < -0.4 is 5.32 Å². The Kier molecular flexibility index (Phi) is 3.50. The largest absolute Gasteiger partial charge is 0.356 e. The second-order valence-corrected chi connectivity index (χ2v) is 6.15. The molecule has 0 spiro atoms. The number of benzene rings is 1. The summed E-state index contributed by atoms with van der Waals surface area (Å²) in [5.41, 5.74) is 3.71. The summed E-state index contributed by atoms with van der Waals surface area (Å²) in [7, 11) is 0. The van der Waals surface area contributed by atoms with Gasteiger partial charge in [0, 0.05) is 34.0 Å². The number of amides is 1. The average Bonchev–Trinajstić information content (AvgIpc) is 2.95. The van der Waals surface area contributed by atoms with Crippen molar-refractivity contribution in [2.45, 2.75) is 25.3 Å². The van der Waals surface area contributed by atoms with E-state index in [1.54, 1.807) is 6.20 Å². The van der Waals surface area contributed by atoms with Gasteiger partial charge in [0.15, 0.2) is 0 Å². The molecule has 2 heterocycles. The SMILES string of the molecule is O=C(N[C@H]1CCCc2c1[nH]c1ccc(Cl)cc21)c1cnccn1. The van der Waals surface area contributed by atoms with Crippen LogP contribution in [-0.2, 0) is 6.42 Å². The zero-order chi connectivity index (χ0) is 15.8. The molecule has 2 N–H and O–H groups in total. The molecule has 0 saturated heterocycles. The van der Waals surface area contributed by atoms with Gasteiger partial charge in [-0.05, 0) is 43.0 Å². The number of hydrogen-bond donors (Lipinski definition) is 2. The molecule has 0 unspecified atom stereocenters. The summed E-state index contributed by atoms with van der Waals surface area (Å²) in [5, 5.41) is 4.93. The zero-order valence-corrected chi connectivity index (χ0v) is 13.1. The topological polar surface area (TPSA) is 70.7 Å². The molecule has 0 bridgehead atoms. The number of carbonyl (C=O) groups is 1. The highest BCUT2D eigenvalue weighted by Gasteiger charge is 2.26. The van der Waals surface area contributed by atoms with E-state index < -0.39 is 0 Å². The van der Waals surface area contributed by atoms with Crippen LogP contribution in [0.5, 0.6) is 0 Å². The summed E-state index contributed by atoms with van der Waals surface area (Å²) in [6, 6.07) is 5.80. The molecule has 0 fully saturated rings. The highest BCUT2D eigenvalue weighted by molar-refractivity contribution is 6.31. The second-order valence-electron chi connectivity index (χ2n) is 5.72. The van der Waals surface area contributed by atoms with Crippen molar-refractivity contribution in [1.82, 2.24) is 20.3 Å². The van der Waals surface area contributed by atoms with E-state index in [2.05, 4.69) is 20.3 Å². The van der Waals surface area contributed by atoms with Gasteiger partial charge in [0.2, 0.25) is 0 Å². The monoisotopic (exact) mass is 326 g/mol. The van der Waals surface area contributed by atoms with Crippen LogP contribution >= 0.6 is 11.6 Å². The van der Waals surface area contributed by atoms with Crippen LogP contribution in [0.2, 0.25) is 5.02 Å². The van der Waals surface area contributed by atoms with Gasteiger partial charge < -0.3 is 10.3 Å². The van der Waals surface area contributed by atoms with Crippen LogP contribution in [0.4, 0.5) is 0 Å². The number of fused-ring (bicyclic) bond motifs is 3. The number of hydrogen-bond acceptors (Lipinski definition) is 3. The van der Waals surface area contributed by atoms with Gasteiger partial charge >= 0.3 is 0 Å². The molecule has 1 aromatic carbocycles. The van der Waals surface area contributed by atoms with Gasteiger partial charge in [-0.15, -0.1) is 0 Å². The lowest BCUT2D eigenvalue weighted by atomic mass is 9.91. The third-order valence-corrected chi connectivity index (χ3v) is 4.51. The molecule has 23 heavy (non-hydrogen) atoms. The minimum absolute atomic E-state index is 0.0422. The maximum Gasteiger partial charge on any atom is 0.272 e. The summed E-state index contributed by atoms with van der Waals surface area (Å²) in [6.07, 6.45) is 7.47. The summed E-state index contributed by atoms with van der Waals surface area (Å²) in [4.78, 5) is 23.8. The lowest BCUT2D eigenvalue weighted by Gasteiger charge is -2.23. The lowest BCUT2D eigenvalue weighted by molar-refractivity contribution is 0.0926. The minimum atomic E-state index is -0.201. The Labute approximate surface area is 138 Å². The third-order valence-electron chi connectivity index (χ3n) is 4.27. The maximum atomic E-state index is 12.3. The Hall–Kier alpha value is -2.40. The molecule has 1 amide bonds. The van der Waals surface area contributed by atoms with Crippen LogP contribution in [0.25, 0.3) is 10.9 Å². The molecule has 1 aliphatic carbocycles. The Morgan fingerprint density at radius 2 is 2.26 bits per heavy atom. The summed E-state index contributed by atoms with van der Waals surface area (Å²) >= 11 is 6.12. The van der Waals surface area contributed by atoms with Crippen molar-refractivity contribution >= 4 is 28.4 Å². The normalized spacial score (nSPS) is 17.0. The van der Waals surface area contributed by atoms with E-state index in [-0.39, 0.29) is 11.9 Å². The van der Waals surface area contributed by atoms with E-state index in [9.17, 15) is 4.79 Å².